The number of amides is 1. The fourth-order valence-electron chi connectivity index (χ4n) is 1.59. The average molecular weight is 290 g/mol. The van der Waals surface area contributed by atoms with Gasteiger partial charge < -0.3 is 15.8 Å². The number of hydrogen-bond acceptors (Lipinski definition) is 3. The van der Waals surface area contributed by atoms with Gasteiger partial charge in [-0.2, -0.15) is 0 Å². The third kappa shape index (κ3) is 5.92. The van der Waals surface area contributed by atoms with Gasteiger partial charge in [0, 0.05) is 5.69 Å². The molecule has 0 aliphatic carbocycles. The molecule has 0 saturated heterocycles. The van der Waals surface area contributed by atoms with Crippen LogP contribution in [0.15, 0.2) is 24.3 Å². The molecule has 0 fully saturated rings. The van der Waals surface area contributed by atoms with Crippen LogP contribution >= 0.6 is 0 Å². The first kappa shape index (κ1) is 16.3. The molecule has 0 aliphatic rings. The third-order valence-corrected chi connectivity index (χ3v) is 2.42. The maximum absolute atomic E-state index is 12.0. The summed E-state index contributed by atoms with van der Waals surface area (Å²) in [5.74, 6) is -0.441. The fraction of sp³-hybridized carbons (Fsp3) is 0.462. The van der Waals surface area contributed by atoms with Crippen molar-refractivity contribution < 1.29 is 22.7 Å². The maximum atomic E-state index is 12.0. The van der Waals surface area contributed by atoms with Crippen LogP contribution < -0.4 is 15.8 Å². The monoisotopic (exact) mass is 290 g/mol. The highest BCUT2D eigenvalue weighted by molar-refractivity contribution is 5.94. The van der Waals surface area contributed by atoms with Gasteiger partial charge in [-0.1, -0.05) is 13.8 Å². The first-order valence-corrected chi connectivity index (χ1v) is 6.09. The first-order chi connectivity index (χ1) is 9.17. The van der Waals surface area contributed by atoms with E-state index in [1.807, 2.05) is 13.8 Å². The van der Waals surface area contributed by atoms with E-state index in [2.05, 4.69) is 10.1 Å². The summed E-state index contributed by atoms with van der Waals surface area (Å²) < 4.78 is 39.6. The summed E-state index contributed by atoms with van der Waals surface area (Å²) in [7, 11) is 0. The number of carbonyl (C=O) groups excluding carboxylic acids is 1. The summed E-state index contributed by atoms with van der Waals surface area (Å²) >= 11 is 0. The standard InChI is InChI=1S/C13H17F3N2O2/c1-8(2)7-11(17)12(19)18-9-3-5-10(6-4-9)20-13(14,15)16/h3-6,8,11H,7,17H2,1-2H3,(H,18,19). The van der Waals surface area contributed by atoms with Crippen LogP contribution in [0.4, 0.5) is 18.9 Å². The van der Waals surface area contributed by atoms with Gasteiger partial charge in [-0.05, 0) is 36.6 Å². The minimum Gasteiger partial charge on any atom is -0.406 e. The predicted molar refractivity (Wildman–Crippen MR) is 69.2 cm³/mol. The number of nitrogens with two attached hydrogens (primary N) is 1. The molecule has 1 unspecified atom stereocenters. The topological polar surface area (TPSA) is 64.4 Å². The molecule has 7 heteroatoms. The van der Waals surface area contributed by atoms with Crippen molar-refractivity contribution in [2.24, 2.45) is 11.7 Å². The number of rotatable bonds is 5. The lowest BCUT2D eigenvalue weighted by atomic mass is 10.0. The van der Waals surface area contributed by atoms with Crippen molar-refractivity contribution in [3.63, 3.8) is 0 Å². The van der Waals surface area contributed by atoms with Crippen LogP contribution in [0.1, 0.15) is 20.3 Å². The van der Waals surface area contributed by atoms with E-state index in [1.165, 1.54) is 12.1 Å². The van der Waals surface area contributed by atoms with E-state index in [1.54, 1.807) is 0 Å². The lowest BCUT2D eigenvalue weighted by molar-refractivity contribution is -0.274. The molecule has 3 N–H and O–H groups in total. The minimum atomic E-state index is -4.73. The van der Waals surface area contributed by atoms with Crippen LogP contribution in [-0.4, -0.2) is 18.3 Å². The molecule has 112 valence electrons. The SMILES string of the molecule is CC(C)CC(N)C(=O)Nc1ccc(OC(F)(F)F)cc1. The van der Waals surface area contributed by atoms with Gasteiger partial charge in [0.25, 0.3) is 0 Å². The summed E-state index contributed by atoms with van der Waals surface area (Å²) in [5, 5.41) is 2.54. The molecule has 0 heterocycles. The molecule has 20 heavy (non-hydrogen) atoms. The Hall–Kier alpha value is -1.76. The van der Waals surface area contributed by atoms with E-state index in [-0.39, 0.29) is 17.6 Å². The average Bonchev–Trinajstić information content (AvgIpc) is 2.28. The van der Waals surface area contributed by atoms with Crippen LogP contribution in [0.2, 0.25) is 0 Å². The maximum Gasteiger partial charge on any atom is 0.573 e. The molecule has 1 rings (SSSR count). The van der Waals surface area contributed by atoms with Crippen LogP contribution in [0.3, 0.4) is 0 Å². The predicted octanol–water partition coefficient (Wildman–Crippen LogP) is 2.90. The number of nitrogens with one attached hydrogen (secondary N) is 1. The van der Waals surface area contributed by atoms with Crippen molar-refractivity contribution in [3.05, 3.63) is 24.3 Å². The van der Waals surface area contributed by atoms with E-state index in [4.69, 9.17) is 5.73 Å². The second kappa shape index (κ2) is 6.60. The largest absolute Gasteiger partial charge is 0.573 e. The van der Waals surface area contributed by atoms with Crippen LogP contribution in [-0.2, 0) is 4.79 Å². The van der Waals surface area contributed by atoms with Crippen molar-refractivity contribution in [2.75, 3.05) is 5.32 Å². The summed E-state index contributed by atoms with van der Waals surface area (Å²) in [6.07, 6.45) is -4.20. The number of alkyl halides is 3. The molecule has 1 atom stereocenters. The minimum absolute atomic E-state index is 0.276. The van der Waals surface area contributed by atoms with Gasteiger partial charge in [0.2, 0.25) is 5.91 Å². The molecule has 1 aromatic carbocycles. The van der Waals surface area contributed by atoms with Crippen LogP contribution in [0.5, 0.6) is 5.75 Å². The zero-order valence-corrected chi connectivity index (χ0v) is 11.2. The third-order valence-electron chi connectivity index (χ3n) is 2.42. The van der Waals surface area contributed by atoms with E-state index >= 15 is 0 Å². The summed E-state index contributed by atoms with van der Waals surface area (Å²) in [5.41, 5.74) is 6.06. The van der Waals surface area contributed by atoms with Gasteiger partial charge in [0.15, 0.2) is 0 Å². The Morgan fingerprint density at radius 1 is 1.30 bits per heavy atom. The van der Waals surface area contributed by atoms with Crippen molar-refractivity contribution in [1.29, 1.82) is 0 Å². The highest BCUT2D eigenvalue weighted by Crippen LogP contribution is 2.24. The Balaban J connectivity index is 2.59. The lowest BCUT2D eigenvalue weighted by Gasteiger charge is -2.14. The number of benzene rings is 1. The van der Waals surface area contributed by atoms with Gasteiger partial charge in [0.05, 0.1) is 6.04 Å². The van der Waals surface area contributed by atoms with E-state index in [0.29, 0.717) is 12.1 Å². The second-order valence-corrected chi connectivity index (χ2v) is 4.80. The molecule has 0 radical (unpaired) electrons. The fourth-order valence-corrected chi connectivity index (χ4v) is 1.59. The van der Waals surface area contributed by atoms with E-state index < -0.39 is 12.4 Å². The Morgan fingerprint density at radius 2 is 1.85 bits per heavy atom. The van der Waals surface area contributed by atoms with E-state index in [9.17, 15) is 18.0 Å². The number of anilines is 1. The normalized spacial score (nSPS) is 13.2. The number of hydrogen-bond donors (Lipinski definition) is 2. The molecule has 1 amide bonds. The smallest absolute Gasteiger partial charge is 0.406 e. The first-order valence-electron chi connectivity index (χ1n) is 6.09. The van der Waals surface area contributed by atoms with Gasteiger partial charge >= 0.3 is 6.36 Å². The van der Waals surface area contributed by atoms with Gasteiger partial charge in [-0.3, -0.25) is 4.79 Å². The van der Waals surface area contributed by atoms with Gasteiger partial charge in [-0.15, -0.1) is 13.2 Å². The molecule has 0 aliphatic heterocycles. The molecule has 0 saturated carbocycles. The zero-order valence-electron chi connectivity index (χ0n) is 11.2. The Morgan fingerprint density at radius 3 is 2.30 bits per heavy atom. The highest BCUT2D eigenvalue weighted by Gasteiger charge is 2.30. The van der Waals surface area contributed by atoms with Crippen LogP contribution in [0, 0.1) is 5.92 Å². The summed E-state index contributed by atoms with van der Waals surface area (Å²) in [4.78, 5) is 11.7. The molecule has 4 nitrogen and oxygen atoms in total. The van der Waals surface area contributed by atoms with Crippen LogP contribution in [0.25, 0.3) is 0 Å². The quantitative estimate of drug-likeness (QED) is 0.876. The second-order valence-electron chi connectivity index (χ2n) is 4.80. The molecular formula is C13H17F3N2O2. The number of ether oxygens (including phenoxy) is 1. The molecule has 0 aromatic heterocycles. The highest BCUT2D eigenvalue weighted by atomic mass is 19.4. The number of carbonyl (C=O) groups is 1. The van der Waals surface area contributed by atoms with E-state index in [0.717, 1.165) is 12.1 Å². The zero-order chi connectivity index (χ0) is 15.3. The van der Waals surface area contributed by atoms with Crippen molar-refractivity contribution in [1.82, 2.24) is 0 Å². The van der Waals surface area contributed by atoms with Gasteiger partial charge in [0.1, 0.15) is 5.75 Å². The van der Waals surface area contributed by atoms with Gasteiger partial charge in [-0.25, -0.2) is 0 Å². The number of halogens is 3. The Kier molecular flexibility index (Phi) is 5.38. The molecular weight excluding hydrogens is 273 g/mol. The lowest BCUT2D eigenvalue weighted by Crippen LogP contribution is -2.36. The molecule has 1 aromatic rings. The summed E-state index contributed by atoms with van der Waals surface area (Å²) in [6.45, 7) is 3.88. The molecule has 0 bridgehead atoms. The Bertz CT molecular complexity index is 444. The van der Waals surface area contributed by atoms with Crippen molar-refractivity contribution in [2.45, 2.75) is 32.7 Å². The Labute approximate surface area is 115 Å². The summed E-state index contributed by atoms with van der Waals surface area (Å²) in [6, 6.07) is 4.23. The van der Waals surface area contributed by atoms with Crippen molar-refractivity contribution in [3.8, 4) is 5.75 Å². The molecule has 0 spiro atoms. The van der Waals surface area contributed by atoms with Crippen molar-refractivity contribution >= 4 is 11.6 Å².